The second kappa shape index (κ2) is 8.37. The first kappa shape index (κ1) is 13.3. The van der Waals surface area contributed by atoms with Crippen LogP contribution in [0.1, 0.15) is 32.6 Å². The van der Waals surface area contributed by atoms with Gasteiger partial charge in [-0.25, -0.2) is 0 Å². The zero-order valence-electron chi connectivity index (χ0n) is 9.80. The standard InChI is InChI=1S/C12H24ClNO/c1-2-15-8-4-7-14-10-12-6-3-5-11(12)9-13/h11-12,14H,2-10H2,1H3. The van der Waals surface area contributed by atoms with Gasteiger partial charge in [0.05, 0.1) is 0 Å². The highest BCUT2D eigenvalue weighted by Crippen LogP contribution is 2.31. The number of nitrogens with one attached hydrogen (secondary N) is 1. The van der Waals surface area contributed by atoms with Crippen molar-refractivity contribution in [2.24, 2.45) is 11.8 Å². The van der Waals surface area contributed by atoms with Crippen LogP contribution in [0.4, 0.5) is 0 Å². The minimum Gasteiger partial charge on any atom is -0.382 e. The first-order valence-corrected chi connectivity index (χ1v) is 6.76. The predicted octanol–water partition coefficient (Wildman–Crippen LogP) is 2.66. The average Bonchev–Trinajstić information content (AvgIpc) is 2.70. The van der Waals surface area contributed by atoms with Crippen LogP contribution in [0.5, 0.6) is 0 Å². The van der Waals surface area contributed by atoms with E-state index in [1.807, 2.05) is 6.92 Å². The number of hydrogen-bond acceptors (Lipinski definition) is 2. The first-order valence-electron chi connectivity index (χ1n) is 6.23. The van der Waals surface area contributed by atoms with Gasteiger partial charge in [0.15, 0.2) is 0 Å². The van der Waals surface area contributed by atoms with Gasteiger partial charge < -0.3 is 10.1 Å². The van der Waals surface area contributed by atoms with Gasteiger partial charge in [-0.05, 0) is 51.1 Å². The Morgan fingerprint density at radius 2 is 2.13 bits per heavy atom. The van der Waals surface area contributed by atoms with Crippen LogP contribution >= 0.6 is 11.6 Å². The van der Waals surface area contributed by atoms with Gasteiger partial charge in [-0.1, -0.05) is 6.42 Å². The van der Waals surface area contributed by atoms with E-state index in [1.54, 1.807) is 0 Å². The largest absolute Gasteiger partial charge is 0.382 e. The van der Waals surface area contributed by atoms with Crippen molar-refractivity contribution in [3.8, 4) is 0 Å². The molecule has 0 amide bonds. The molecule has 90 valence electrons. The zero-order chi connectivity index (χ0) is 10.9. The van der Waals surface area contributed by atoms with E-state index >= 15 is 0 Å². The van der Waals surface area contributed by atoms with Gasteiger partial charge in [0.25, 0.3) is 0 Å². The quantitative estimate of drug-likeness (QED) is 0.514. The lowest BCUT2D eigenvalue weighted by atomic mass is 9.98. The highest BCUT2D eigenvalue weighted by Gasteiger charge is 2.25. The molecule has 1 N–H and O–H groups in total. The second-order valence-electron chi connectivity index (χ2n) is 4.36. The molecule has 0 saturated heterocycles. The Morgan fingerprint density at radius 1 is 1.33 bits per heavy atom. The molecule has 1 aliphatic carbocycles. The Hall–Kier alpha value is 0.210. The molecule has 0 radical (unpaired) electrons. The number of ether oxygens (including phenoxy) is 1. The van der Waals surface area contributed by atoms with Crippen molar-refractivity contribution in [1.29, 1.82) is 0 Å². The summed E-state index contributed by atoms with van der Waals surface area (Å²) in [6.07, 6.45) is 5.17. The Morgan fingerprint density at radius 3 is 2.87 bits per heavy atom. The van der Waals surface area contributed by atoms with Gasteiger partial charge in [-0.15, -0.1) is 11.6 Å². The van der Waals surface area contributed by atoms with Gasteiger partial charge in [0, 0.05) is 19.1 Å². The van der Waals surface area contributed by atoms with Gasteiger partial charge in [-0.2, -0.15) is 0 Å². The van der Waals surface area contributed by atoms with Crippen molar-refractivity contribution < 1.29 is 4.74 Å². The second-order valence-corrected chi connectivity index (χ2v) is 4.67. The fourth-order valence-corrected chi connectivity index (χ4v) is 2.72. The monoisotopic (exact) mass is 233 g/mol. The molecular weight excluding hydrogens is 210 g/mol. The normalized spacial score (nSPS) is 26.0. The maximum Gasteiger partial charge on any atom is 0.0477 e. The van der Waals surface area contributed by atoms with Crippen LogP contribution in [-0.2, 0) is 4.74 Å². The van der Waals surface area contributed by atoms with E-state index in [0.717, 1.165) is 50.4 Å². The first-order chi connectivity index (χ1) is 7.38. The molecule has 0 spiro atoms. The number of rotatable bonds is 8. The number of hydrogen-bond donors (Lipinski definition) is 1. The molecule has 2 nitrogen and oxygen atoms in total. The third-order valence-electron chi connectivity index (χ3n) is 3.27. The molecule has 2 atom stereocenters. The summed E-state index contributed by atoms with van der Waals surface area (Å²) in [4.78, 5) is 0. The van der Waals surface area contributed by atoms with Crippen LogP contribution in [0.2, 0.25) is 0 Å². The highest BCUT2D eigenvalue weighted by atomic mass is 35.5. The minimum atomic E-state index is 0.756. The molecule has 0 aromatic rings. The molecule has 1 rings (SSSR count). The van der Waals surface area contributed by atoms with Crippen molar-refractivity contribution in [3.05, 3.63) is 0 Å². The molecule has 0 bridgehead atoms. The molecule has 0 aliphatic heterocycles. The fraction of sp³-hybridized carbons (Fsp3) is 1.00. The highest BCUT2D eigenvalue weighted by molar-refractivity contribution is 6.18. The third-order valence-corrected chi connectivity index (χ3v) is 3.66. The van der Waals surface area contributed by atoms with Crippen molar-refractivity contribution in [2.75, 3.05) is 32.2 Å². The van der Waals surface area contributed by atoms with E-state index in [2.05, 4.69) is 5.32 Å². The van der Waals surface area contributed by atoms with Crippen LogP contribution in [0, 0.1) is 11.8 Å². The minimum absolute atomic E-state index is 0.756. The van der Waals surface area contributed by atoms with Crippen LogP contribution in [0.3, 0.4) is 0 Å². The molecule has 1 aliphatic rings. The summed E-state index contributed by atoms with van der Waals surface area (Å²) in [6, 6.07) is 0. The van der Waals surface area contributed by atoms with Crippen molar-refractivity contribution >= 4 is 11.6 Å². The summed E-state index contributed by atoms with van der Waals surface area (Å²) in [7, 11) is 0. The van der Waals surface area contributed by atoms with E-state index in [0.29, 0.717) is 0 Å². The average molecular weight is 234 g/mol. The van der Waals surface area contributed by atoms with Crippen molar-refractivity contribution in [3.63, 3.8) is 0 Å². The Balaban J connectivity index is 1.95. The lowest BCUT2D eigenvalue weighted by Crippen LogP contribution is -2.27. The van der Waals surface area contributed by atoms with Crippen LogP contribution in [0.25, 0.3) is 0 Å². The van der Waals surface area contributed by atoms with E-state index in [1.165, 1.54) is 19.3 Å². The zero-order valence-corrected chi connectivity index (χ0v) is 10.6. The summed E-state index contributed by atoms with van der Waals surface area (Å²) in [5.41, 5.74) is 0. The van der Waals surface area contributed by atoms with Gasteiger partial charge in [-0.3, -0.25) is 0 Å². The summed E-state index contributed by atoms with van der Waals surface area (Å²) in [5.74, 6) is 2.41. The lowest BCUT2D eigenvalue weighted by molar-refractivity contribution is 0.144. The van der Waals surface area contributed by atoms with E-state index in [-0.39, 0.29) is 0 Å². The molecule has 0 heterocycles. The van der Waals surface area contributed by atoms with Crippen LogP contribution < -0.4 is 5.32 Å². The fourth-order valence-electron chi connectivity index (χ4n) is 2.32. The van der Waals surface area contributed by atoms with E-state index in [9.17, 15) is 0 Å². The topological polar surface area (TPSA) is 21.3 Å². The predicted molar refractivity (Wildman–Crippen MR) is 65.5 cm³/mol. The maximum atomic E-state index is 5.94. The molecule has 3 heteroatoms. The Labute approximate surface area is 98.7 Å². The van der Waals surface area contributed by atoms with Crippen LogP contribution in [-0.4, -0.2) is 32.2 Å². The summed E-state index contributed by atoms with van der Waals surface area (Å²) < 4.78 is 5.29. The molecule has 1 saturated carbocycles. The summed E-state index contributed by atoms with van der Waals surface area (Å²) in [5, 5.41) is 3.51. The summed E-state index contributed by atoms with van der Waals surface area (Å²) in [6.45, 7) is 5.97. The van der Waals surface area contributed by atoms with E-state index in [4.69, 9.17) is 16.3 Å². The number of halogens is 1. The van der Waals surface area contributed by atoms with Gasteiger partial charge >= 0.3 is 0 Å². The Kier molecular flexibility index (Phi) is 7.41. The molecule has 0 aromatic heterocycles. The maximum absolute atomic E-state index is 5.94. The Bertz CT molecular complexity index is 155. The third kappa shape index (κ3) is 5.19. The molecule has 0 aromatic carbocycles. The molecule has 15 heavy (non-hydrogen) atoms. The van der Waals surface area contributed by atoms with E-state index < -0.39 is 0 Å². The van der Waals surface area contributed by atoms with Crippen molar-refractivity contribution in [2.45, 2.75) is 32.6 Å². The smallest absolute Gasteiger partial charge is 0.0477 e. The molecular formula is C12H24ClNO. The molecule has 1 fully saturated rings. The summed E-state index contributed by atoms with van der Waals surface area (Å²) >= 11 is 5.94. The number of alkyl halides is 1. The van der Waals surface area contributed by atoms with Crippen molar-refractivity contribution in [1.82, 2.24) is 5.32 Å². The SMILES string of the molecule is CCOCCCNCC1CCCC1CCl. The lowest BCUT2D eigenvalue weighted by Gasteiger charge is -2.17. The molecule has 2 unspecified atom stereocenters. The van der Waals surface area contributed by atoms with Crippen LogP contribution in [0.15, 0.2) is 0 Å². The van der Waals surface area contributed by atoms with Gasteiger partial charge in [0.1, 0.15) is 0 Å². The van der Waals surface area contributed by atoms with Gasteiger partial charge in [0.2, 0.25) is 0 Å².